The molecule has 0 aliphatic heterocycles. The number of benzene rings is 1. The van der Waals surface area contributed by atoms with Crippen LogP contribution in [-0.4, -0.2) is 10.9 Å². The Balaban J connectivity index is 2.07. The largest absolute Gasteiger partial charge is 0.310 e. The normalized spacial score (nSPS) is 9.85. The summed E-state index contributed by atoms with van der Waals surface area (Å²) in [5, 5.41) is 11.0. The molecule has 0 saturated heterocycles. The van der Waals surface area contributed by atoms with Crippen molar-refractivity contribution < 1.29 is 13.6 Å². The van der Waals surface area contributed by atoms with E-state index in [2.05, 4.69) is 10.3 Å². The molecule has 0 unspecified atom stereocenters. The van der Waals surface area contributed by atoms with Gasteiger partial charge in [-0.2, -0.15) is 5.26 Å². The lowest BCUT2D eigenvalue weighted by molar-refractivity contribution is -0.115. The van der Waals surface area contributed by atoms with E-state index in [1.54, 1.807) is 0 Å². The highest BCUT2D eigenvalue weighted by Crippen LogP contribution is 2.13. The van der Waals surface area contributed by atoms with E-state index in [1.807, 2.05) is 6.07 Å². The van der Waals surface area contributed by atoms with Crippen molar-refractivity contribution in [3.63, 3.8) is 0 Å². The molecule has 4 nitrogen and oxygen atoms in total. The summed E-state index contributed by atoms with van der Waals surface area (Å²) in [6, 6.07) is 8.21. The van der Waals surface area contributed by atoms with E-state index >= 15 is 0 Å². The SMILES string of the molecule is N#Cc1ccc(NC(=O)Cc2c(F)cccc2F)nc1. The number of amides is 1. The summed E-state index contributed by atoms with van der Waals surface area (Å²) >= 11 is 0. The van der Waals surface area contributed by atoms with Crippen molar-refractivity contribution in [2.75, 3.05) is 5.32 Å². The number of anilines is 1. The quantitative estimate of drug-likeness (QED) is 0.933. The molecule has 2 aromatic rings. The van der Waals surface area contributed by atoms with E-state index in [9.17, 15) is 13.6 Å². The van der Waals surface area contributed by atoms with Crippen LogP contribution in [0.1, 0.15) is 11.1 Å². The van der Waals surface area contributed by atoms with Crippen molar-refractivity contribution in [3.8, 4) is 6.07 Å². The average Bonchev–Trinajstić information content (AvgIpc) is 2.44. The minimum Gasteiger partial charge on any atom is -0.310 e. The second kappa shape index (κ2) is 5.89. The lowest BCUT2D eigenvalue weighted by Gasteiger charge is -2.06. The van der Waals surface area contributed by atoms with Gasteiger partial charge in [-0.1, -0.05) is 6.07 Å². The number of hydrogen-bond donors (Lipinski definition) is 1. The third kappa shape index (κ3) is 3.14. The molecule has 0 radical (unpaired) electrons. The van der Waals surface area contributed by atoms with Crippen molar-refractivity contribution in [2.24, 2.45) is 0 Å². The molecule has 20 heavy (non-hydrogen) atoms. The predicted octanol–water partition coefficient (Wildman–Crippen LogP) is 2.41. The molecule has 0 fully saturated rings. The fourth-order valence-electron chi connectivity index (χ4n) is 1.58. The van der Waals surface area contributed by atoms with Crippen molar-refractivity contribution >= 4 is 11.7 Å². The third-order valence-electron chi connectivity index (χ3n) is 2.56. The molecule has 0 spiro atoms. The summed E-state index contributed by atoms with van der Waals surface area (Å²) in [7, 11) is 0. The maximum atomic E-state index is 13.4. The van der Waals surface area contributed by atoms with E-state index < -0.39 is 24.0 Å². The number of rotatable bonds is 3. The number of nitriles is 1. The van der Waals surface area contributed by atoms with Crippen LogP contribution in [-0.2, 0) is 11.2 Å². The van der Waals surface area contributed by atoms with Crippen LogP contribution in [0, 0.1) is 23.0 Å². The van der Waals surface area contributed by atoms with E-state index in [1.165, 1.54) is 24.4 Å². The van der Waals surface area contributed by atoms with E-state index in [0.717, 1.165) is 12.1 Å². The number of nitrogens with zero attached hydrogens (tertiary/aromatic N) is 2. The van der Waals surface area contributed by atoms with Crippen molar-refractivity contribution in [1.29, 1.82) is 5.26 Å². The van der Waals surface area contributed by atoms with Crippen LogP contribution in [0.15, 0.2) is 36.5 Å². The summed E-state index contributed by atoms with van der Waals surface area (Å²) in [5.41, 5.74) is 0.0572. The summed E-state index contributed by atoms with van der Waals surface area (Å²) < 4.78 is 26.8. The molecule has 1 aromatic heterocycles. The Morgan fingerprint density at radius 3 is 2.50 bits per heavy atom. The highest BCUT2D eigenvalue weighted by atomic mass is 19.1. The Hall–Kier alpha value is -2.81. The minimum atomic E-state index is -0.770. The van der Waals surface area contributed by atoms with Gasteiger partial charge >= 0.3 is 0 Å². The van der Waals surface area contributed by atoms with Gasteiger partial charge in [0.1, 0.15) is 23.5 Å². The number of halogens is 2. The van der Waals surface area contributed by atoms with Gasteiger partial charge in [-0.05, 0) is 24.3 Å². The first kappa shape index (κ1) is 13.6. The van der Waals surface area contributed by atoms with Gasteiger partial charge in [0.2, 0.25) is 5.91 Å². The molecule has 6 heteroatoms. The number of nitrogens with one attached hydrogen (secondary N) is 1. The van der Waals surface area contributed by atoms with Crippen LogP contribution in [0.5, 0.6) is 0 Å². The number of pyridine rings is 1. The Bertz CT molecular complexity index is 658. The Morgan fingerprint density at radius 1 is 1.25 bits per heavy atom. The molecule has 0 aliphatic rings. The lowest BCUT2D eigenvalue weighted by Crippen LogP contribution is -2.17. The van der Waals surface area contributed by atoms with Crippen LogP contribution < -0.4 is 5.32 Å². The highest BCUT2D eigenvalue weighted by molar-refractivity contribution is 5.91. The first-order chi connectivity index (χ1) is 9.60. The second-order valence-electron chi connectivity index (χ2n) is 3.97. The zero-order chi connectivity index (χ0) is 14.5. The van der Waals surface area contributed by atoms with Gasteiger partial charge in [0.05, 0.1) is 12.0 Å². The third-order valence-corrected chi connectivity index (χ3v) is 2.56. The highest BCUT2D eigenvalue weighted by Gasteiger charge is 2.13. The predicted molar refractivity (Wildman–Crippen MR) is 67.6 cm³/mol. The Morgan fingerprint density at radius 2 is 1.95 bits per heavy atom. The van der Waals surface area contributed by atoms with Gasteiger partial charge in [0, 0.05) is 11.8 Å². The maximum absolute atomic E-state index is 13.4. The van der Waals surface area contributed by atoms with Crippen molar-refractivity contribution in [1.82, 2.24) is 4.98 Å². The standard InChI is InChI=1S/C14H9F2N3O/c15-11-2-1-3-12(16)10(11)6-14(20)19-13-5-4-9(7-17)8-18-13/h1-5,8H,6H2,(H,18,19,20). The summed E-state index contributed by atoms with van der Waals surface area (Å²) in [6.07, 6.45) is 0.861. The van der Waals surface area contributed by atoms with Crippen LogP contribution >= 0.6 is 0 Å². The van der Waals surface area contributed by atoms with Crippen LogP contribution in [0.25, 0.3) is 0 Å². The summed E-state index contributed by atoms with van der Waals surface area (Å²) in [4.78, 5) is 15.5. The zero-order valence-corrected chi connectivity index (χ0v) is 10.2. The fraction of sp³-hybridized carbons (Fsp3) is 0.0714. The first-order valence-corrected chi connectivity index (χ1v) is 5.69. The molecule has 0 aliphatic carbocycles. The monoisotopic (exact) mass is 273 g/mol. The second-order valence-corrected chi connectivity index (χ2v) is 3.97. The Kier molecular flexibility index (Phi) is 4.01. The van der Waals surface area contributed by atoms with E-state index in [0.29, 0.717) is 5.56 Å². The van der Waals surface area contributed by atoms with Gasteiger partial charge in [-0.15, -0.1) is 0 Å². The molecule has 0 atom stereocenters. The van der Waals surface area contributed by atoms with Gasteiger partial charge in [-0.3, -0.25) is 4.79 Å². The molecule has 1 amide bonds. The van der Waals surface area contributed by atoms with Gasteiger partial charge < -0.3 is 5.32 Å². The van der Waals surface area contributed by atoms with E-state index in [-0.39, 0.29) is 11.4 Å². The smallest absolute Gasteiger partial charge is 0.230 e. The Labute approximate surface area is 113 Å². The summed E-state index contributed by atoms with van der Waals surface area (Å²) in [6.45, 7) is 0. The maximum Gasteiger partial charge on any atom is 0.230 e. The fourth-order valence-corrected chi connectivity index (χ4v) is 1.58. The zero-order valence-electron chi connectivity index (χ0n) is 10.2. The van der Waals surface area contributed by atoms with E-state index in [4.69, 9.17) is 5.26 Å². The number of hydrogen-bond acceptors (Lipinski definition) is 3. The molecular formula is C14H9F2N3O. The molecule has 0 saturated carbocycles. The molecule has 1 N–H and O–H groups in total. The van der Waals surface area contributed by atoms with Crippen molar-refractivity contribution in [3.05, 3.63) is 59.3 Å². The molecule has 100 valence electrons. The van der Waals surface area contributed by atoms with Gasteiger partial charge in [0.15, 0.2) is 0 Å². The lowest BCUT2D eigenvalue weighted by atomic mass is 10.1. The van der Waals surface area contributed by atoms with Crippen LogP contribution in [0.4, 0.5) is 14.6 Å². The molecule has 2 rings (SSSR count). The molecular weight excluding hydrogens is 264 g/mol. The van der Waals surface area contributed by atoms with Gasteiger partial charge in [-0.25, -0.2) is 13.8 Å². The molecule has 1 heterocycles. The topological polar surface area (TPSA) is 65.8 Å². The number of carbonyl (C=O) groups excluding carboxylic acids is 1. The van der Waals surface area contributed by atoms with Crippen molar-refractivity contribution in [2.45, 2.75) is 6.42 Å². The minimum absolute atomic E-state index is 0.214. The number of aromatic nitrogens is 1. The first-order valence-electron chi connectivity index (χ1n) is 5.69. The summed E-state index contributed by atoms with van der Waals surface area (Å²) in [5.74, 6) is -1.92. The van der Waals surface area contributed by atoms with Crippen LogP contribution in [0.2, 0.25) is 0 Å². The average molecular weight is 273 g/mol. The number of carbonyl (C=O) groups is 1. The molecule has 1 aromatic carbocycles. The van der Waals surface area contributed by atoms with Gasteiger partial charge in [0.25, 0.3) is 0 Å². The molecule has 0 bridgehead atoms. The van der Waals surface area contributed by atoms with Crippen LogP contribution in [0.3, 0.4) is 0 Å².